The number of pyridine rings is 1. The number of carbonyl (C=O) groups excluding carboxylic acids is 1. The Bertz CT molecular complexity index is 1170. The van der Waals surface area contributed by atoms with Gasteiger partial charge in [-0.05, 0) is 31.0 Å². The van der Waals surface area contributed by atoms with Crippen molar-refractivity contribution >= 4 is 38.3 Å². The van der Waals surface area contributed by atoms with Crippen LogP contribution in [0.5, 0.6) is 0 Å². The van der Waals surface area contributed by atoms with Crippen LogP contribution in [-0.4, -0.2) is 47.7 Å². The lowest BCUT2D eigenvalue weighted by molar-refractivity contribution is -0.127. The Kier molecular flexibility index (Phi) is 5.46. The summed E-state index contributed by atoms with van der Waals surface area (Å²) in [5.41, 5.74) is 6.94. The monoisotopic (exact) mass is 430 g/mol. The minimum absolute atomic E-state index is 0.0647. The smallest absolute Gasteiger partial charge is 0.269 e. The third-order valence-corrected chi connectivity index (χ3v) is 6.91. The van der Waals surface area contributed by atoms with Crippen LogP contribution in [0.3, 0.4) is 0 Å². The van der Waals surface area contributed by atoms with Crippen LogP contribution < -0.4 is 11.1 Å². The summed E-state index contributed by atoms with van der Waals surface area (Å²) in [7, 11) is -3.83. The van der Waals surface area contributed by atoms with Gasteiger partial charge in [0.2, 0.25) is 5.91 Å². The second-order valence-corrected chi connectivity index (χ2v) is 8.97. The van der Waals surface area contributed by atoms with E-state index in [0.29, 0.717) is 23.9 Å². The molecule has 1 aromatic carbocycles. The summed E-state index contributed by atoms with van der Waals surface area (Å²) in [6.07, 6.45) is 3.71. The first-order valence-electron chi connectivity index (χ1n) is 9.51. The number of nitrogens with one attached hydrogen (secondary N) is 1. The topological polar surface area (TPSA) is 137 Å². The third-order valence-electron chi connectivity index (χ3n) is 5.23. The molecule has 0 spiro atoms. The zero-order valence-corrected chi connectivity index (χ0v) is 16.9. The summed E-state index contributed by atoms with van der Waals surface area (Å²) in [5.74, 6) is -0.610. The SMILES string of the molecule is Nc1c(NC(=O)[C@@H]2CC[C@H](CO)OC2)cnc2c1ccn2S(=O)(=O)c1ccccc1. The summed E-state index contributed by atoms with van der Waals surface area (Å²) < 4.78 is 32.4. The number of aliphatic hydroxyl groups is 1. The lowest BCUT2D eigenvalue weighted by Gasteiger charge is -2.27. The van der Waals surface area contributed by atoms with Crippen LogP contribution >= 0.6 is 0 Å². The molecule has 1 fully saturated rings. The van der Waals surface area contributed by atoms with E-state index in [9.17, 15) is 13.2 Å². The van der Waals surface area contributed by atoms with Gasteiger partial charge in [-0.1, -0.05) is 18.2 Å². The molecule has 0 unspecified atom stereocenters. The fraction of sp³-hybridized carbons (Fsp3) is 0.300. The van der Waals surface area contributed by atoms with Gasteiger partial charge in [0.1, 0.15) is 0 Å². The number of hydrogen-bond donors (Lipinski definition) is 3. The number of aromatic nitrogens is 2. The second kappa shape index (κ2) is 8.05. The summed E-state index contributed by atoms with van der Waals surface area (Å²) in [6, 6.07) is 9.60. The normalized spacial score (nSPS) is 19.6. The maximum atomic E-state index is 12.9. The van der Waals surface area contributed by atoms with Gasteiger partial charge in [0, 0.05) is 11.6 Å². The van der Waals surface area contributed by atoms with Crippen LogP contribution in [-0.2, 0) is 19.6 Å². The van der Waals surface area contributed by atoms with Crippen molar-refractivity contribution in [1.82, 2.24) is 8.96 Å². The van der Waals surface area contributed by atoms with Gasteiger partial charge in [-0.25, -0.2) is 17.4 Å². The molecule has 9 nitrogen and oxygen atoms in total. The van der Waals surface area contributed by atoms with E-state index in [-0.39, 0.29) is 47.4 Å². The van der Waals surface area contributed by atoms with Crippen LogP contribution in [0.1, 0.15) is 12.8 Å². The number of ether oxygens (including phenoxy) is 1. The Morgan fingerprint density at radius 3 is 2.70 bits per heavy atom. The lowest BCUT2D eigenvalue weighted by atomic mass is 9.98. The molecule has 0 radical (unpaired) electrons. The molecular weight excluding hydrogens is 408 g/mol. The van der Waals surface area contributed by atoms with Crippen LogP contribution in [0.4, 0.5) is 11.4 Å². The summed E-state index contributed by atoms with van der Waals surface area (Å²) in [4.78, 5) is 16.9. The fourth-order valence-electron chi connectivity index (χ4n) is 3.47. The van der Waals surface area contributed by atoms with Crippen molar-refractivity contribution in [3.8, 4) is 0 Å². The Hall–Kier alpha value is -2.95. The summed E-state index contributed by atoms with van der Waals surface area (Å²) in [6.45, 7) is 0.156. The van der Waals surface area contributed by atoms with Crippen LogP contribution in [0.2, 0.25) is 0 Å². The highest BCUT2D eigenvalue weighted by Gasteiger charge is 2.27. The molecule has 2 aromatic heterocycles. The van der Waals surface area contributed by atoms with Crippen molar-refractivity contribution in [2.45, 2.75) is 23.8 Å². The number of benzene rings is 1. The van der Waals surface area contributed by atoms with E-state index in [4.69, 9.17) is 15.6 Å². The minimum atomic E-state index is -3.83. The first-order valence-corrected chi connectivity index (χ1v) is 11.0. The van der Waals surface area contributed by atoms with Gasteiger partial charge in [-0.15, -0.1) is 0 Å². The number of nitrogen functional groups attached to an aromatic ring is 1. The predicted octanol–water partition coefficient (Wildman–Crippen LogP) is 1.58. The highest BCUT2D eigenvalue weighted by atomic mass is 32.2. The molecule has 0 bridgehead atoms. The number of carbonyl (C=O) groups is 1. The molecular formula is C20H22N4O5S. The van der Waals surface area contributed by atoms with Gasteiger partial charge >= 0.3 is 0 Å². The van der Waals surface area contributed by atoms with Crippen molar-refractivity contribution < 1.29 is 23.1 Å². The van der Waals surface area contributed by atoms with Gasteiger partial charge < -0.3 is 20.9 Å². The van der Waals surface area contributed by atoms with Crippen LogP contribution in [0, 0.1) is 5.92 Å². The highest BCUT2D eigenvalue weighted by Crippen LogP contribution is 2.30. The number of hydrogen-bond acceptors (Lipinski definition) is 7. The molecule has 1 aliphatic rings. The van der Waals surface area contributed by atoms with Crippen molar-refractivity contribution in [1.29, 1.82) is 0 Å². The van der Waals surface area contributed by atoms with E-state index in [1.54, 1.807) is 24.3 Å². The van der Waals surface area contributed by atoms with E-state index in [1.165, 1.54) is 24.5 Å². The molecule has 4 N–H and O–H groups in total. The van der Waals surface area contributed by atoms with Crippen molar-refractivity contribution in [3.63, 3.8) is 0 Å². The first kappa shape index (κ1) is 20.3. The van der Waals surface area contributed by atoms with E-state index >= 15 is 0 Å². The summed E-state index contributed by atoms with van der Waals surface area (Å²) in [5, 5.41) is 12.3. The Labute approximate surface area is 173 Å². The van der Waals surface area contributed by atoms with Crippen molar-refractivity contribution in [2.75, 3.05) is 24.3 Å². The average molecular weight is 430 g/mol. The number of nitrogens with zero attached hydrogens (tertiary/aromatic N) is 2. The van der Waals surface area contributed by atoms with Gasteiger partial charge in [-0.3, -0.25) is 4.79 Å². The molecule has 1 amide bonds. The lowest BCUT2D eigenvalue weighted by Crippen LogP contribution is -2.35. The zero-order valence-electron chi connectivity index (χ0n) is 16.1. The van der Waals surface area contributed by atoms with Gasteiger partial charge in [0.25, 0.3) is 10.0 Å². The van der Waals surface area contributed by atoms with E-state index in [2.05, 4.69) is 10.3 Å². The number of aliphatic hydroxyl groups excluding tert-OH is 1. The number of anilines is 2. The van der Waals surface area contributed by atoms with E-state index in [1.807, 2.05) is 0 Å². The standard InChI is InChI=1S/C20H22N4O5S/c21-18-16-8-9-24(30(27,28)15-4-2-1-3-5-15)19(16)22-10-17(18)23-20(26)13-6-7-14(11-25)29-12-13/h1-5,8-10,13-14,25H,6-7,11-12H2,(H2,21,22)(H,23,26)/t13-,14-/m1/s1. The molecule has 1 aliphatic heterocycles. The molecule has 158 valence electrons. The highest BCUT2D eigenvalue weighted by molar-refractivity contribution is 7.90. The summed E-state index contributed by atoms with van der Waals surface area (Å²) >= 11 is 0. The van der Waals surface area contributed by atoms with Crippen LogP contribution in [0.25, 0.3) is 11.0 Å². The maximum Gasteiger partial charge on any atom is 0.269 e. The maximum absolute atomic E-state index is 12.9. The molecule has 3 aromatic rings. The number of fused-ring (bicyclic) bond motifs is 1. The minimum Gasteiger partial charge on any atom is -0.396 e. The molecule has 1 saturated heterocycles. The van der Waals surface area contributed by atoms with Gasteiger partial charge in [-0.2, -0.15) is 0 Å². The molecule has 0 aliphatic carbocycles. The molecule has 0 saturated carbocycles. The molecule has 2 atom stereocenters. The average Bonchev–Trinajstić information content (AvgIpc) is 3.22. The third kappa shape index (κ3) is 3.64. The molecule has 3 heterocycles. The Balaban J connectivity index is 1.59. The van der Waals surface area contributed by atoms with Crippen LogP contribution in [0.15, 0.2) is 53.7 Å². The molecule has 10 heteroatoms. The number of rotatable bonds is 5. The Morgan fingerprint density at radius 2 is 2.03 bits per heavy atom. The largest absolute Gasteiger partial charge is 0.396 e. The molecule has 4 rings (SSSR count). The van der Waals surface area contributed by atoms with Gasteiger partial charge in [0.05, 0.1) is 47.7 Å². The quantitative estimate of drug-likeness (QED) is 0.559. The van der Waals surface area contributed by atoms with Crippen molar-refractivity contribution in [3.05, 3.63) is 48.8 Å². The van der Waals surface area contributed by atoms with E-state index in [0.717, 1.165) is 3.97 Å². The van der Waals surface area contributed by atoms with Gasteiger partial charge in [0.15, 0.2) is 5.65 Å². The second-order valence-electron chi connectivity index (χ2n) is 7.15. The van der Waals surface area contributed by atoms with E-state index < -0.39 is 10.0 Å². The number of nitrogens with two attached hydrogens (primary N) is 1. The predicted molar refractivity (Wildman–Crippen MR) is 111 cm³/mol. The van der Waals surface area contributed by atoms with Crippen molar-refractivity contribution in [2.24, 2.45) is 5.92 Å². The fourth-order valence-corrected chi connectivity index (χ4v) is 4.80. The zero-order chi connectivity index (χ0) is 21.3. The Morgan fingerprint density at radius 1 is 1.27 bits per heavy atom. The molecule has 30 heavy (non-hydrogen) atoms. The first-order chi connectivity index (χ1) is 14.4. The number of amides is 1.